The van der Waals surface area contributed by atoms with E-state index in [0.29, 0.717) is 49.1 Å². The molecule has 0 spiro atoms. The minimum atomic E-state index is -0.995. The highest BCUT2D eigenvalue weighted by molar-refractivity contribution is 7.13. The number of para-hydroxylation sites is 1. The van der Waals surface area contributed by atoms with Gasteiger partial charge in [-0.25, -0.2) is 9.97 Å². The number of aromatic nitrogens is 4. The third-order valence-corrected chi connectivity index (χ3v) is 11.9. The molecule has 5 heterocycles. The second-order valence-corrected chi connectivity index (χ2v) is 17.0. The first kappa shape index (κ1) is 41.0. The number of nitrogens with two attached hydrogens (primary N) is 1. The fourth-order valence-corrected chi connectivity index (χ4v) is 8.39. The van der Waals surface area contributed by atoms with Crippen LogP contribution in [-0.4, -0.2) is 104 Å². The molecular weight excluding hydrogens is 769 g/mol. The molecule has 3 aromatic heterocycles. The molecule has 0 aliphatic carbocycles. The van der Waals surface area contributed by atoms with Crippen LogP contribution in [0.3, 0.4) is 0 Å². The third kappa shape index (κ3) is 8.98. The second kappa shape index (κ2) is 17.0. The Morgan fingerprint density at radius 3 is 2.29 bits per heavy atom. The molecule has 59 heavy (non-hydrogen) atoms. The molecule has 4 atom stereocenters. The Labute approximate surface area is 347 Å². The van der Waals surface area contributed by atoms with Crippen LogP contribution in [0, 0.1) is 12.3 Å². The zero-order chi connectivity index (χ0) is 42.0. The van der Waals surface area contributed by atoms with E-state index in [-0.39, 0.29) is 36.2 Å². The number of anilines is 3. The number of thiazole rings is 1. The number of phenolic OH excluding ortho intramolecular Hbond substituents is 1. The number of nitrogens with zero attached hydrogens (tertiary/aromatic N) is 7. The molecule has 2 aliphatic heterocycles. The molecule has 5 aromatic rings. The Kier molecular flexibility index (Phi) is 11.8. The average molecular weight is 819 g/mol. The number of aryl methyl sites for hydroxylation is 1. The van der Waals surface area contributed by atoms with Crippen molar-refractivity contribution in [1.29, 1.82) is 0 Å². The van der Waals surface area contributed by atoms with Crippen LogP contribution in [0.1, 0.15) is 61.8 Å². The van der Waals surface area contributed by atoms with Gasteiger partial charge < -0.3 is 41.3 Å². The van der Waals surface area contributed by atoms with Gasteiger partial charge in [-0.05, 0) is 60.7 Å². The number of aliphatic hydroxyl groups excluding tert-OH is 1. The molecular formula is C43H50N10O5S. The summed E-state index contributed by atoms with van der Waals surface area (Å²) in [6, 6.07) is 17.9. The molecule has 1 unspecified atom stereocenters. The molecule has 0 radical (unpaired) electrons. The van der Waals surface area contributed by atoms with Gasteiger partial charge in [0.2, 0.25) is 11.8 Å². The van der Waals surface area contributed by atoms with Crippen LogP contribution in [0.5, 0.6) is 5.75 Å². The van der Waals surface area contributed by atoms with Gasteiger partial charge in [0, 0.05) is 50.9 Å². The predicted octanol–water partition coefficient (Wildman–Crippen LogP) is 4.57. The van der Waals surface area contributed by atoms with E-state index < -0.39 is 35.4 Å². The van der Waals surface area contributed by atoms with Crippen LogP contribution in [0.25, 0.3) is 21.7 Å². The minimum absolute atomic E-state index is 0.0256. The van der Waals surface area contributed by atoms with Gasteiger partial charge in [-0.1, -0.05) is 57.2 Å². The van der Waals surface area contributed by atoms with Gasteiger partial charge in [-0.15, -0.1) is 21.5 Å². The molecule has 7 rings (SSSR count). The zero-order valence-electron chi connectivity index (χ0n) is 33.8. The summed E-state index contributed by atoms with van der Waals surface area (Å²) in [7, 11) is 0. The lowest BCUT2D eigenvalue weighted by molar-refractivity contribution is -0.142. The number of hydrogen-bond acceptors (Lipinski definition) is 13. The van der Waals surface area contributed by atoms with Crippen molar-refractivity contribution < 1.29 is 24.6 Å². The lowest BCUT2D eigenvalue weighted by Crippen LogP contribution is -2.57. The monoisotopic (exact) mass is 818 g/mol. The van der Waals surface area contributed by atoms with Gasteiger partial charge in [0.1, 0.15) is 23.7 Å². The van der Waals surface area contributed by atoms with E-state index in [1.165, 1.54) is 11.1 Å². The maximum absolute atomic E-state index is 14.2. The number of carbonyl (C=O) groups excluding carboxylic acids is 3. The van der Waals surface area contributed by atoms with Crippen molar-refractivity contribution >= 4 is 46.4 Å². The molecule has 308 valence electrons. The van der Waals surface area contributed by atoms with E-state index in [0.717, 1.165) is 27.4 Å². The summed E-state index contributed by atoms with van der Waals surface area (Å²) in [5.74, 6) is -0.192. The number of piperazine rings is 1. The Hall–Kier alpha value is -6.13. The van der Waals surface area contributed by atoms with Gasteiger partial charge in [0.15, 0.2) is 5.82 Å². The third-order valence-electron chi connectivity index (χ3n) is 11.0. The number of β-amino-alcohol motifs (C(OH)–C–C–N with tert-alkyl or cyclic N) is 1. The van der Waals surface area contributed by atoms with Gasteiger partial charge in [-0.2, -0.15) is 0 Å². The normalized spacial score (nSPS) is 18.0. The first-order valence-corrected chi connectivity index (χ1v) is 20.5. The van der Waals surface area contributed by atoms with Gasteiger partial charge in [-0.3, -0.25) is 14.4 Å². The summed E-state index contributed by atoms with van der Waals surface area (Å²) < 4.78 is 0. The fourth-order valence-electron chi connectivity index (χ4n) is 7.58. The van der Waals surface area contributed by atoms with Crippen molar-refractivity contribution in [3.05, 3.63) is 95.3 Å². The van der Waals surface area contributed by atoms with E-state index in [1.807, 2.05) is 76.5 Å². The average Bonchev–Trinajstić information content (AvgIpc) is 3.85. The highest BCUT2D eigenvalue weighted by atomic mass is 32.1. The lowest BCUT2D eigenvalue weighted by Gasteiger charge is -2.37. The fraction of sp³-hybridized carbons (Fsp3) is 0.372. The highest BCUT2D eigenvalue weighted by Gasteiger charge is 2.45. The SMILES string of the molecule is Cc1ncsc1-c1ccc([C@H](C)NC(=O)[C@@H]2C[C@@H](O)CN2C(=O)C(NC(=O)c2ccc(N3CCN(c4cc(-c5ccccc5O)nnc4N)CC3)nc2)C(C)(C)C)cc1. The maximum atomic E-state index is 14.2. The number of phenols is 1. The van der Waals surface area contributed by atoms with Crippen molar-refractivity contribution in [2.75, 3.05) is 48.3 Å². The number of aromatic hydroxyl groups is 1. The predicted molar refractivity (Wildman–Crippen MR) is 228 cm³/mol. The van der Waals surface area contributed by atoms with E-state index in [2.05, 4.69) is 40.6 Å². The lowest BCUT2D eigenvalue weighted by atomic mass is 9.85. The summed E-state index contributed by atoms with van der Waals surface area (Å²) in [5, 5.41) is 35.3. The molecule has 16 heteroatoms. The number of likely N-dealkylation sites (tertiary alicyclic amines) is 1. The minimum Gasteiger partial charge on any atom is -0.507 e. The summed E-state index contributed by atoms with van der Waals surface area (Å²) >= 11 is 1.57. The number of aliphatic hydroxyl groups is 1. The number of benzene rings is 2. The summed E-state index contributed by atoms with van der Waals surface area (Å²) in [5.41, 5.74) is 12.3. The molecule has 2 aromatic carbocycles. The van der Waals surface area contributed by atoms with Crippen molar-refractivity contribution in [2.45, 2.75) is 65.3 Å². The van der Waals surface area contributed by atoms with Crippen LogP contribution in [0.4, 0.5) is 17.3 Å². The van der Waals surface area contributed by atoms with Crippen LogP contribution in [0.2, 0.25) is 0 Å². The number of nitrogen functional groups attached to an aromatic ring is 1. The Bertz CT molecular complexity index is 2300. The first-order chi connectivity index (χ1) is 28.2. The Balaban J connectivity index is 0.969. The second-order valence-electron chi connectivity index (χ2n) is 16.2. The first-order valence-electron chi connectivity index (χ1n) is 19.7. The van der Waals surface area contributed by atoms with Gasteiger partial charge in [0.25, 0.3) is 5.91 Å². The van der Waals surface area contributed by atoms with E-state index in [9.17, 15) is 24.6 Å². The maximum Gasteiger partial charge on any atom is 0.253 e. The standard InChI is InChI=1S/C43H50N10O5S/c1-25(27-10-12-28(13-11-27)37-26(2)46-24-59-37)47-41(57)34-20-30(54)23-53(34)42(58)38(43(3,4)5)48-40(56)29-14-15-36(45-22-29)52-18-16-51(17-19-52)33-21-32(49-50-39(33)44)31-8-6-7-9-35(31)55/h6-15,21-22,24-25,30,34,38,54-55H,16-20,23H2,1-5H3,(H2,44,50)(H,47,57)(H,48,56)/t25-,30+,34-,38?/m0/s1. The zero-order valence-corrected chi connectivity index (χ0v) is 34.6. The highest BCUT2D eigenvalue weighted by Crippen LogP contribution is 2.33. The topological polar surface area (TPSA) is 203 Å². The number of nitrogens with one attached hydrogen (secondary N) is 2. The van der Waals surface area contributed by atoms with Crippen molar-refractivity contribution in [3.8, 4) is 27.4 Å². The number of rotatable bonds is 10. The molecule has 0 bridgehead atoms. The molecule has 0 saturated carbocycles. The Morgan fingerprint density at radius 1 is 0.932 bits per heavy atom. The van der Waals surface area contributed by atoms with Crippen LogP contribution >= 0.6 is 11.3 Å². The molecule has 6 N–H and O–H groups in total. The number of amides is 3. The number of carbonyl (C=O) groups is 3. The number of hydrogen-bond donors (Lipinski definition) is 5. The smallest absolute Gasteiger partial charge is 0.253 e. The summed E-state index contributed by atoms with van der Waals surface area (Å²) in [6.45, 7) is 11.9. The quantitative estimate of drug-likeness (QED) is 0.132. The molecule has 3 amide bonds. The van der Waals surface area contributed by atoms with Gasteiger partial charge in [0.05, 0.1) is 45.2 Å². The van der Waals surface area contributed by atoms with Crippen LogP contribution < -0.4 is 26.2 Å². The van der Waals surface area contributed by atoms with Crippen molar-refractivity contribution in [1.82, 2.24) is 35.7 Å². The van der Waals surface area contributed by atoms with E-state index >= 15 is 0 Å². The molecule has 2 fully saturated rings. The summed E-state index contributed by atoms with van der Waals surface area (Å²) in [6.07, 6.45) is 0.693. The van der Waals surface area contributed by atoms with E-state index in [4.69, 9.17) is 5.73 Å². The van der Waals surface area contributed by atoms with Crippen LogP contribution in [-0.2, 0) is 9.59 Å². The largest absolute Gasteiger partial charge is 0.507 e. The molecule has 2 aliphatic rings. The molecule has 15 nitrogen and oxygen atoms in total. The van der Waals surface area contributed by atoms with E-state index in [1.54, 1.807) is 41.7 Å². The van der Waals surface area contributed by atoms with Crippen molar-refractivity contribution in [3.63, 3.8) is 0 Å². The van der Waals surface area contributed by atoms with Crippen molar-refractivity contribution in [2.24, 2.45) is 5.41 Å². The molecule has 2 saturated heterocycles. The number of pyridine rings is 1. The Morgan fingerprint density at radius 2 is 1.64 bits per heavy atom. The van der Waals surface area contributed by atoms with Crippen LogP contribution in [0.15, 0.2) is 78.4 Å². The van der Waals surface area contributed by atoms with Gasteiger partial charge >= 0.3 is 0 Å². The summed E-state index contributed by atoms with van der Waals surface area (Å²) in [4.78, 5) is 57.3.